The smallest absolute Gasteiger partial charge is 0.219 e. The van der Waals surface area contributed by atoms with Crippen molar-refractivity contribution < 1.29 is 9.18 Å². The van der Waals surface area contributed by atoms with Crippen LogP contribution >= 0.6 is 23.2 Å². The number of hydrogen-bond donors (Lipinski definition) is 2. The molecule has 28 heavy (non-hydrogen) atoms. The first-order valence-electron chi connectivity index (χ1n) is 8.88. The van der Waals surface area contributed by atoms with E-state index in [4.69, 9.17) is 23.2 Å². The van der Waals surface area contributed by atoms with Gasteiger partial charge in [-0.15, -0.1) is 0 Å². The minimum absolute atomic E-state index is 0.0414. The van der Waals surface area contributed by atoms with Crippen LogP contribution in [0.5, 0.6) is 0 Å². The number of amides is 1. The van der Waals surface area contributed by atoms with Gasteiger partial charge in [-0.2, -0.15) is 5.10 Å². The van der Waals surface area contributed by atoms with Crippen LogP contribution in [-0.4, -0.2) is 56.9 Å². The van der Waals surface area contributed by atoms with E-state index in [0.29, 0.717) is 34.4 Å². The summed E-state index contributed by atoms with van der Waals surface area (Å²) < 4.78 is 16.2. The van der Waals surface area contributed by atoms with Gasteiger partial charge in [0.2, 0.25) is 5.91 Å². The Kier molecular flexibility index (Phi) is 4.93. The molecule has 0 aliphatic carbocycles. The summed E-state index contributed by atoms with van der Waals surface area (Å²) >= 11 is 12.9. The van der Waals surface area contributed by atoms with E-state index in [9.17, 15) is 9.18 Å². The molecule has 0 aromatic carbocycles. The second kappa shape index (κ2) is 7.25. The van der Waals surface area contributed by atoms with E-state index in [2.05, 4.69) is 20.4 Å². The number of fused-ring (bicyclic) bond motifs is 1. The molecular weight excluding hydrogens is 406 g/mol. The standard InChI is InChI=1S/C18H19Cl2FN6O/c1-9(28)26-4-3-14(13(21)8-26)27-17(20)11(6-25-27)10-5-23-18-15(16(10)22-2)12(19)7-24-18/h5-7,13-14H,3-4,8H2,1-2H3,(H2,22,23,24)/t13-,14?/m0/s1. The Morgan fingerprint density at radius 2 is 2.14 bits per heavy atom. The van der Waals surface area contributed by atoms with E-state index in [-0.39, 0.29) is 12.5 Å². The number of halogens is 3. The van der Waals surface area contributed by atoms with Gasteiger partial charge >= 0.3 is 0 Å². The summed E-state index contributed by atoms with van der Waals surface area (Å²) in [6.45, 7) is 1.96. The molecule has 1 unspecified atom stereocenters. The van der Waals surface area contributed by atoms with Crippen LogP contribution in [0, 0.1) is 0 Å². The number of hydrogen-bond acceptors (Lipinski definition) is 4. The van der Waals surface area contributed by atoms with E-state index in [1.54, 1.807) is 25.6 Å². The van der Waals surface area contributed by atoms with Gasteiger partial charge in [-0.25, -0.2) is 14.1 Å². The van der Waals surface area contributed by atoms with Crippen molar-refractivity contribution in [1.82, 2.24) is 24.6 Å². The van der Waals surface area contributed by atoms with E-state index >= 15 is 0 Å². The number of likely N-dealkylation sites (tertiary alicyclic amines) is 1. The maximum atomic E-state index is 14.7. The SMILES string of the molecule is CNc1c(-c2cnn(C3CCN(C(C)=O)C[C@@H]3F)c2Cl)cnc2[nH]cc(Cl)c12. The zero-order valence-corrected chi connectivity index (χ0v) is 16.9. The number of piperidine rings is 1. The molecule has 7 nitrogen and oxygen atoms in total. The molecule has 0 saturated carbocycles. The predicted octanol–water partition coefficient (Wildman–Crippen LogP) is 3.91. The van der Waals surface area contributed by atoms with Crippen LogP contribution in [-0.2, 0) is 4.79 Å². The molecule has 3 aromatic rings. The highest BCUT2D eigenvalue weighted by molar-refractivity contribution is 6.37. The Morgan fingerprint density at radius 1 is 1.36 bits per heavy atom. The fourth-order valence-electron chi connectivity index (χ4n) is 3.73. The third kappa shape index (κ3) is 3.00. The monoisotopic (exact) mass is 424 g/mol. The van der Waals surface area contributed by atoms with Crippen LogP contribution in [0.4, 0.5) is 10.1 Å². The van der Waals surface area contributed by atoms with Crippen molar-refractivity contribution in [3.8, 4) is 11.1 Å². The maximum Gasteiger partial charge on any atom is 0.219 e. The summed E-state index contributed by atoms with van der Waals surface area (Å²) in [6.07, 6.45) is 4.16. The van der Waals surface area contributed by atoms with Crippen molar-refractivity contribution in [3.05, 3.63) is 28.8 Å². The van der Waals surface area contributed by atoms with Crippen molar-refractivity contribution in [1.29, 1.82) is 0 Å². The van der Waals surface area contributed by atoms with E-state index in [0.717, 1.165) is 16.6 Å². The van der Waals surface area contributed by atoms with E-state index in [1.807, 2.05) is 0 Å². The van der Waals surface area contributed by atoms with Crippen LogP contribution < -0.4 is 5.32 Å². The first-order valence-corrected chi connectivity index (χ1v) is 9.64. The zero-order chi connectivity index (χ0) is 20.0. The number of anilines is 1. The Balaban J connectivity index is 1.73. The largest absolute Gasteiger partial charge is 0.387 e. The Morgan fingerprint density at radius 3 is 2.82 bits per heavy atom. The van der Waals surface area contributed by atoms with Crippen LogP contribution in [0.25, 0.3) is 22.2 Å². The van der Waals surface area contributed by atoms with Crippen molar-refractivity contribution >= 4 is 45.8 Å². The number of nitrogens with zero attached hydrogens (tertiary/aromatic N) is 4. The molecule has 148 valence electrons. The topological polar surface area (TPSA) is 78.8 Å². The van der Waals surface area contributed by atoms with Crippen molar-refractivity contribution in [3.63, 3.8) is 0 Å². The molecule has 0 spiro atoms. The molecule has 3 aromatic heterocycles. The van der Waals surface area contributed by atoms with Gasteiger partial charge in [0.1, 0.15) is 17.0 Å². The summed E-state index contributed by atoms with van der Waals surface area (Å²) in [4.78, 5) is 20.4. The van der Waals surface area contributed by atoms with Crippen LogP contribution in [0.2, 0.25) is 10.2 Å². The first-order chi connectivity index (χ1) is 13.4. The quantitative estimate of drug-likeness (QED) is 0.667. The number of carbonyl (C=O) groups is 1. The summed E-state index contributed by atoms with van der Waals surface area (Å²) in [5, 5.41) is 9.12. The molecule has 0 radical (unpaired) electrons. The Hall–Kier alpha value is -2.32. The van der Waals surface area contributed by atoms with Crippen LogP contribution in [0.15, 0.2) is 18.6 Å². The average Bonchev–Trinajstić information content (AvgIpc) is 3.24. The number of aromatic nitrogens is 4. The highest BCUT2D eigenvalue weighted by Gasteiger charge is 2.34. The van der Waals surface area contributed by atoms with E-state index in [1.165, 1.54) is 16.5 Å². The molecule has 1 saturated heterocycles. The van der Waals surface area contributed by atoms with Crippen molar-refractivity contribution in [2.24, 2.45) is 0 Å². The van der Waals surface area contributed by atoms with Crippen LogP contribution in [0.3, 0.4) is 0 Å². The van der Waals surface area contributed by atoms with Gasteiger partial charge < -0.3 is 15.2 Å². The molecule has 1 aliphatic heterocycles. The second-order valence-electron chi connectivity index (χ2n) is 6.79. The summed E-state index contributed by atoms with van der Waals surface area (Å²) in [6, 6.07) is -0.526. The third-order valence-electron chi connectivity index (χ3n) is 5.19. The summed E-state index contributed by atoms with van der Waals surface area (Å²) in [5.74, 6) is -0.130. The number of nitrogens with one attached hydrogen (secondary N) is 2. The van der Waals surface area contributed by atoms with Gasteiger partial charge in [0, 0.05) is 44.0 Å². The minimum atomic E-state index is -1.24. The van der Waals surface area contributed by atoms with Gasteiger partial charge in [-0.05, 0) is 6.42 Å². The van der Waals surface area contributed by atoms with Gasteiger partial charge in [0.15, 0.2) is 0 Å². The van der Waals surface area contributed by atoms with Gasteiger partial charge in [0.25, 0.3) is 0 Å². The number of rotatable bonds is 3. The normalized spacial score (nSPS) is 20.0. The highest BCUT2D eigenvalue weighted by Crippen LogP contribution is 2.40. The summed E-state index contributed by atoms with van der Waals surface area (Å²) in [7, 11) is 1.79. The molecule has 2 atom stereocenters. The first kappa shape index (κ1) is 19.0. The van der Waals surface area contributed by atoms with Crippen LogP contribution in [0.1, 0.15) is 19.4 Å². The third-order valence-corrected chi connectivity index (χ3v) is 5.87. The van der Waals surface area contributed by atoms with Gasteiger partial charge in [-0.1, -0.05) is 23.2 Å². The maximum absolute atomic E-state index is 14.7. The Labute approximate surface area is 170 Å². The molecule has 1 aliphatic rings. The lowest BCUT2D eigenvalue weighted by Gasteiger charge is -2.34. The zero-order valence-electron chi connectivity index (χ0n) is 15.3. The molecule has 0 bridgehead atoms. The molecule has 2 N–H and O–H groups in total. The van der Waals surface area contributed by atoms with Gasteiger partial charge in [-0.3, -0.25) is 4.79 Å². The minimum Gasteiger partial charge on any atom is -0.387 e. The fourth-order valence-corrected chi connectivity index (χ4v) is 4.29. The lowest BCUT2D eigenvalue weighted by molar-refractivity contribution is -0.131. The molecule has 1 fully saturated rings. The number of H-pyrrole nitrogens is 1. The Bertz CT molecular complexity index is 1050. The van der Waals surface area contributed by atoms with E-state index < -0.39 is 12.2 Å². The molecule has 10 heteroatoms. The summed E-state index contributed by atoms with van der Waals surface area (Å²) in [5.41, 5.74) is 2.78. The lowest BCUT2D eigenvalue weighted by atomic mass is 10.0. The van der Waals surface area contributed by atoms with Gasteiger partial charge in [0.05, 0.1) is 34.9 Å². The van der Waals surface area contributed by atoms with Crippen molar-refractivity contribution in [2.45, 2.75) is 25.6 Å². The molecular formula is C18H19Cl2FN6O. The average molecular weight is 425 g/mol. The molecule has 4 rings (SSSR count). The van der Waals surface area contributed by atoms with Crippen molar-refractivity contribution in [2.75, 3.05) is 25.5 Å². The lowest BCUT2D eigenvalue weighted by Crippen LogP contribution is -2.45. The number of pyridine rings is 1. The molecule has 1 amide bonds. The predicted molar refractivity (Wildman–Crippen MR) is 108 cm³/mol. The number of carbonyl (C=O) groups excluding carboxylic acids is 1. The molecule has 4 heterocycles. The number of alkyl halides is 1. The highest BCUT2D eigenvalue weighted by atomic mass is 35.5. The number of aromatic amines is 1. The second-order valence-corrected chi connectivity index (χ2v) is 7.55. The fraction of sp³-hybridized carbons (Fsp3) is 0.389.